The average Bonchev–Trinajstić information content (AvgIpc) is 2.67. The molecule has 0 atom stereocenters. The standard InChI is InChI=1S/C14H12F3N.C7H8O4/c15-14(16,17)12-6-3-5-10(8-12)13-7-2-1-4-11(13)9-18;1-2-3-5(7(10)11)4-6(8)9/h1-8H,9,18H2;2,4H,1,3H2,(H,8,9)(H,10,11)/b;5-4+. The third-order valence-electron chi connectivity index (χ3n) is 3.67. The van der Waals surface area contributed by atoms with Gasteiger partial charge in [0, 0.05) is 18.2 Å². The minimum atomic E-state index is -4.33. The van der Waals surface area contributed by atoms with E-state index >= 15 is 0 Å². The van der Waals surface area contributed by atoms with Crippen molar-refractivity contribution in [2.24, 2.45) is 5.73 Å². The van der Waals surface area contributed by atoms with Crippen LogP contribution >= 0.6 is 0 Å². The normalized spacial score (nSPS) is 11.2. The van der Waals surface area contributed by atoms with E-state index in [1.165, 1.54) is 12.1 Å². The van der Waals surface area contributed by atoms with Crippen molar-refractivity contribution < 1.29 is 33.0 Å². The van der Waals surface area contributed by atoms with Crippen LogP contribution in [0.1, 0.15) is 17.5 Å². The SMILES string of the molecule is C=CC/C(=C\C(=O)O)C(=O)O.NCc1ccccc1-c1cccc(C(F)(F)F)c1. The highest BCUT2D eigenvalue weighted by Gasteiger charge is 2.30. The fraction of sp³-hybridized carbons (Fsp3) is 0.143. The number of aliphatic carboxylic acids is 2. The summed E-state index contributed by atoms with van der Waals surface area (Å²) in [6.45, 7) is 3.59. The molecule has 2 rings (SSSR count). The third kappa shape index (κ3) is 7.63. The highest BCUT2D eigenvalue weighted by molar-refractivity contribution is 5.94. The van der Waals surface area contributed by atoms with Crippen molar-refractivity contribution in [1.82, 2.24) is 0 Å². The Labute approximate surface area is 165 Å². The second kappa shape index (κ2) is 10.8. The van der Waals surface area contributed by atoms with Gasteiger partial charge in [0.05, 0.1) is 5.56 Å². The van der Waals surface area contributed by atoms with E-state index in [2.05, 4.69) is 6.58 Å². The first-order chi connectivity index (χ1) is 13.6. The Bertz CT molecular complexity index is 905. The Kier molecular flexibility index (Phi) is 8.82. The summed E-state index contributed by atoms with van der Waals surface area (Å²) in [5.74, 6) is -2.49. The number of halogens is 3. The summed E-state index contributed by atoms with van der Waals surface area (Å²) in [5, 5.41) is 16.6. The molecule has 8 heteroatoms. The van der Waals surface area contributed by atoms with Crippen molar-refractivity contribution in [3.8, 4) is 11.1 Å². The molecule has 0 aliphatic heterocycles. The summed E-state index contributed by atoms with van der Waals surface area (Å²) in [6.07, 6.45) is -2.28. The fourth-order valence-corrected chi connectivity index (χ4v) is 2.36. The first-order valence-corrected chi connectivity index (χ1v) is 8.33. The number of hydrogen-bond donors (Lipinski definition) is 3. The number of carboxylic acids is 2. The predicted molar refractivity (Wildman–Crippen MR) is 103 cm³/mol. The number of benzene rings is 2. The van der Waals surface area contributed by atoms with Crippen LogP contribution in [-0.4, -0.2) is 22.2 Å². The third-order valence-corrected chi connectivity index (χ3v) is 3.67. The minimum Gasteiger partial charge on any atom is -0.478 e. The summed E-state index contributed by atoms with van der Waals surface area (Å²) in [7, 11) is 0. The lowest BCUT2D eigenvalue weighted by Gasteiger charge is -2.11. The number of allylic oxidation sites excluding steroid dienone is 1. The largest absolute Gasteiger partial charge is 0.478 e. The second-order valence-corrected chi connectivity index (χ2v) is 5.75. The van der Waals surface area contributed by atoms with Gasteiger partial charge in [0.25, 0.3) is 0 Å². The lowest BCUT2D eigenvalue weighted by molar-refractivity contribution is -0.137. The summed E-state index contributed by atoms with van der Waals surface area (Å²) >= 11 is 0. The van der Waals surface area contributed by atoms with E-state index in [9.17, 15) is 22.8 Å². The first-order valence-electron chi connectivity index (χ1n) is 8.33. The number of hydrogen-bond acceptors (Lipinski definition) is 3. The Morgan fingerprint density at radius 3 is 2.24 bits per heavy atom. The Balaban J connectivity index is 0.000000331. The van der Waals surface area contributed by atoms with Crippen LogP contribution in [0.5, 0.6) is 0 Å². The maximum atomic E-state index is 12.6. The van der Waals surface area contributed by atoms with Crippen LogP contribution in [0.3, 0.4) is 0 Å². The molecule has 0 aliphatic rings. The van der Waals surface area contributed by atoms with Crippen LogP contribution in [0.15, 0.2) is 72.8 Å². The monoisotopic (exact) mass is 407 g/mol. The van der Waals surface area contributed by atoms with Crippen molar-refractivity contribution in [3.05, 3.63) is 84.0 Å². The average molecular weight is 407 g/mol. The van der Waals surface area contributed by atoms with Crippen molar-refractivity contribution in [2.45, 2.75) is 19.1 Å². The lowest BCUT2D eigenvalue weighted by Crippen LogP contribution is -2.05. The van der Waals surface area contributed by atoms with Gasteiger partial charge in [0.1, 0.15) is 0 Å². The van der Waals surface area contributed by atoms with Crippen LogP contribution in [0.4, 0.5) is 13.2 Å². The molecule has 0 fully saturated rings. The highest BCUT2D eigenvalue weighted by atomic mass is 19.4. The van der Waals surface area contributed by atoms with Crippen LogP contribution in [-0.2, 0) is 22.3 Å². The molecule has 0 saturated carbocycles. The van der Waals surface area contributed by atoms with Crippen molar-refractivity contribution >= 4 is 11.9 Å². The molecule has 2 aromatic rings. The molecule has 4 N–H and O–H groups in total. The van der Waals surface area contributed by atoms with Crippen molar-refractivity contribution in [2.75, 3.05) is 0 Å². The molecular formula is C21H20F3NO4. The predicted octanol–water partition coefficient (Wildman–Crippen LogP) is 4.49. The van der Waals surface area contributed by atoms with Gasteiger partial charge in [-0.3, -0.25) is 0 Å². The van der Waals surface area contributed by atoms with Gasteiger partial charge in [0.2, 0.25) is 0 Å². The molecule has 5 nitrogen and oxygen atoms in total. The van der Waals surface area contributed by atoms with Crippen LogP contribution in [0.2, 0.25) is 0 Å². The van der Waals surface area contributed by atoms with Crippen LogP contribution < -0.4 is 5.73 Å². The van der Waals surface area contributed by atoms with Crippen molar-refractivity contribution in [1.29, 1.82) is 0 Å². The Hall–Kier alpha value is -3.39. The molecule has 0 spiro atoms. The summed E-state index contributed by atoms with van der Waals surface area (Å²) in [6, 6.07) is 12.5. The zero-order valence-corrected chi connectivity index (χ0v) is 15.3. The topological polar surface area (TPSA) is 101 Å². The van der Waals surface area contributed by atoms with Gasteiger partial charge in [-0.1, -0.05) is 42.5 Å². The van der Waals surface area contributed by atoms with E-state index in [1.54, 1.807) is 18.2 Å². The number of nitrogens with two attached hydrogens (primary N) is 1. The molecule has 0 heterocycles. The van der Waals surface area contributed by atoms with E-state index in [-0.39, 0.29) is 12.0 Å². The molecule has 0 aliphatic carbocycles. The van der Waals surface area contributed by atoms with Gasteiger partial charge in [-0.2, -0.15) is 13.2 Å². The molecule has 0 amide bonds. The summed E-state index contributed by atoms with van der Waals surface area (Å²) in [5.41, 5.74) is 6.87. The maximum Gasteiger partial charge on any atom is 0.416 e. The number of carbonyl (C=O) groups is 2. The van der Waals surface area contributed by atoms with E-state index in [0.29, 0.717) is 18.2 Å². The molecule has 0 saturated heterocycles. The summed E-state index contributed by atoms with van der Waals surface area (Å²) in [4.78, 5) is 20.3. The zero-order valence-electron chi connectivity index (χ0n) is 15.3. The van der Waals surface area contributed by atoms with Crippen LogP contribution in [0, 0.1) is 0 Å². The molecule has 0 unspecified atom stereocenters. The smallest absolute Gasteiger partial charge is 0.416 e. The van der Waals surface area contributed by atoms with E-state index in [1.807, 2.05) is 12.1 Å². The van der Waals surface area contributed by atoms with E-state index < -0.39 is 23.7 Å². The van der Waals surface area contributed by atoms with Crippen molar-refractivity contribution in [3.63, 3.8) is 0 Å². The molecule has 0 aromatic heterocycles. The van der Waals surface area contributed by atoms with Gasteiger partial charge >= 0.3 is 18.1 Å². The Morgan fingerprint density at radius 2 is 1.72 bits per heavy atom. The second-order valence-electron chi connectivity index (χ2n) is 5.75. The Morgan fingerprint density at radius 1 is 1.07 bits per heavy atom. The first kappa shape index (κ1) is 23.6. The minimum absolute atomic E-state index is 0.0572. The molecule has 154 valence electrons. The molecular weight excluding hydrogens is 387 g/mol. The van der Waals surface area contributed by atoms with Gasteiger partial charge in [-0.15, -0.1) is 6.58 Å². The quantitative estimate of drug-likeness (QED) is 0.484. The van der Waals surface area contributed by atoms with Gasteiger partial charge in [-0.05, 0) is 35.2 Å². The summed E-state index contributed by atoms with van der Waals surface area (Å²) < 4.78 is 37.9. The molecule has 29 heavy (non-hydrogen) atoms. The fourth-order valence-electron chi connectivity index (χ4n) is 2.36. The highest BCUT2D eigenvalue weighted by Crippen LogP contribution is 2.33. The molecule has 0 bridgehead atoms. The molecule has 2 aromatic carbocycles. The van der Waals surface area contributed by atoms with Gasteiger partial charge in [-0.25, -0.2) is 9.59 Å². The van der Waals surface area contributed by atoms with E-state index in [4.69, 9.17) is 15.9 Å². The van der Waals surface area contributed by atoms with E-state index in [0.717, 1.165) is 23.3 Å². The lowest BCUT2D eigenvalue weighted by atomic mass is 9.98. The number of carboxylic acid groups (broad SMARTS) is 2. The maximum absolute atomic E-state index is 12.6. The zero-order chi connectivity index (χ0) is 22.0. The molecule has 0 radical (unpaired) electrons. The van der Waals surface area contributed by atoms with Gasteiger partial charge < -0.3 is 15.9 Å². The number of rotatable bonds is 6. The van der Waals surface area contributed by atoms with Crippen LogP contribution in [0.25, 0.3) is 11.1 Å². The number of alkyl halides is 3. The van der Waals surface area contributed by atoms with Gasteiger partial charge in [0.15, 0.2) is 0 Å².